The van der Waals surface area contributed by atoms with Crippen molar-refractivity contribution in [1.29, 1.82) is 0 Å². The van der Waals surface area contributed by atoms with E-state index in [2.05, 4.69) is 5.32 Å². The van der Waals surface area contributed by atoms with Gasteiger partial charge in [-0.2, -0.15) is 0 Å². The first-order valence-corrected chi connectivity index (χ1v) is 6.89. The Kier molecular flexibility index (Phi) is 3.62. The first-order valence-electron chi connectivity index (χ1n) is 6.89. The molecule has 0 aliphatic carbocycles. The molecule has 0 spiro atoms. The molecule has 1 N–H and O–H groups in total. The SMILES string of the molecule is CO[C@@H](C)C(=O)NC1c2ccccc2Oc2ccccc21. The molecule has 4 heteroatoms. The average molecular weight is 283 g/mol. The highest BCUT2D eigenvalue weighted by atomic mass is 16.5. The number of nitrogens with one attached hydrogen (secondary N) is 1. The van der Waals surface area contributed by atoms with Crippen LogP contribution in [0.25, 0.3) is 0 Å². The van der Waals surface area contributed by atoms with E-state index in [9.17, 15) is 4.79 Å². The summed E-state index contributed by atoms with van der Waals surface area (Å²) in [6.45, 7) is 1.73. The normalized spacial score (nSPS) is 14.6. The monoisotopic (exact) mass is 283 g/mol. The molecule has 0 aromatic heterocycles. The Balaban J connectivity index is 2.01. The highest BCUT2D eigenvalue weighted by Gasteiger charge is 2.29. The number of carbonyl (C=O) groups excluding carboxylic acids is 1. The maximum absolute atomic E-state index is 12.2. The number of methoxy groups -OCH3 is 1. The van der Waals surface area contributed by atoms with Crippen LogP contribution < -0.4 is 10.1 Å². The molecular formula is C17H17NO3. The van der Waals surface area contributed by atoms with Gasteiger partial charge in [0.1, 0.15) is 17.6 Å². The van der Waals surface area contributed by atoms with Crippen molar-refractivity contribution in [1.82, 2.24) is 5.32 Å². The van der Waals surface area contributed by atoms with Gasteiger partial charge in [-0.3, -0.25) is 4.79 Å². The van der Waals surface area contributed by atoms with E-state index >= 15 is 0 Å². The molecule has 3 rings (SSSR count). The zero-order valence-corrected chi connectivity index (χ0v) is 12.0. The fourth-order valence-electron chi connectivity index (χ4n) is 2.43. The lowest BCUT2D eigenvalue weighted by molar-refractivity contribution is -0.130. The Labute approximate surface area is 123 Å². The molecule has 21 heavy (non-hydrogen) atoms. The minimum Gasteiger partial charge on any atom is -0.457 e. The molecule has 0 bridgehead atoms. The van der Waals surface area contributed by atoms with Crippen molar-refractivity contribution >= 4 is 5.91 Å². The predicted octanol–water partition coefficient (Wildman–Crippen LogP) is 3.03. The van der Waals surface area contributed by atoms with E-state index in [1.54, 1.807) is 6.92 Å². The number of hydrogen-bond acceptors (Lipinski definition) is 3. The molecule has 108 valence electrons. The van der Waals surface area contributed by atoms with Crippen LogP contribution in [0.1, 0.15) is 24.1 Å². The molecule has 1 aliphatic heterocycles. The molecular weight excluding hydrogens is 266 g/mol. The third kappa shape index (κ3) is 2.50. The molecule has 2 aromatic rings. The number of fused-ring (bicyclic) bond motifs is 2. The van der Waals surface area contributed by atoms with Gasteiger partial charge in [0.05, 0.1) is 6.04 Å². The second kappa shape index (κ2) is 5.58. The summed E-state index contributed by atoms with van der Waals surface area (Å²) in [5.41, 5.74) is 1.90. The number of amides is 1. The minimum absolute atomic E-state index is 0.144. The number of benzene rings is 2. The summed E-state index contributed by atoms with van der Waals surface area (Å²) in [7, 11) is 1.52. The number of ether oxygens (including phenoxy) is 2. The van der Waals surface area contributed by atoms with Crippen LogP contribution >= 0.6 is 0 Å². The van der Waals surface area contributed by atoms with E-state index < -0.39 is 6.10 Å². The van der Waals surface area contributed by atoms with Crippen LogP contribution in [0.4, 0.5) is 0 Å². The molecule has 4 nitrogen and oxygen atoms in total. The van der Waals surface area contributed by atoms with Crippen molar-refractivity contribution in [3.8, 4) is 11.5 Å². The van der Waals surface area contributed by atoms with Crippen molar-refractivity contribution in [2.45, 2.75) is 19.1 Å². The minimum atomic E-state index is -0.493. The lowest BCUT2D eigenvalue weighted by atomic mass is 9.94. The Bertz CT molecular complexity index is 623. The second-order valence-electron chi connectivity index (χ2n) is 5.00. The first kappa shape index (κ1) is 13.6. The molecule has 1 aliphatic rings. The number of carbonyl (C=O) groups is 1. The van der Waals surface area contributed by atoms with E-state index in [0.29, 0.717) is 0 Å². The largest absolute Gasteiger partial charge is 0.457 e. The van der Waals surface area contributed by atoms with Crippen LogP contribution in [0.5, 0.6) is 11.5 Å². The number of para-hydroxylation sites is 2. The summed E-state index contributed by atoms with van der Waals surface area (Å²) in [6.07, 6.45) is -0.493. The molecule has 0 radical (unpaired) electrons. The number of hydrogen-bond donors (Lipinski definition) is 1. The summed E-state index contributed by atoms with van der Waals surface area (Å²) >= 11 is 0. The molecule has 0 unspecified atom stereocenters. The third-order valence-corrected chi connectivity index (χ3v) is 3.69. The van der Waals surface area contributed by atoms with Crippen molar-refractivity contribution in [3.63, 3.8) is 0 Å². The topological polar surface area (TPSA) is 47.6 Å². The van der Waals surface area contributed by atoms with Gasteiger partial charge in [0.25, 0.3) is 0 Å². The van der Waals surface area contributed by atoms with Crippen LogP contribution in [0.2, 0.25) is 0 Å². The summed E-state index contributed by atoms with van der Waals surface area (Å²) in [4.78, 5) is 12.2. The van der Waals surface area contributed by atoms with Crippen LogP contribution in [-0.4, -0.2) is 19.1 Å². The van der Waals surface area contributed by atoms with Crippen LogP contribution in [0.3, 0.4) is 0 Å². The predicted molar refractivity (Wildman–Crippen MR) is 79.4 cm³/mol. The molecule has 1 amide bonds. The third-order valence-electron chi connectivity index (χ3n) is 3.69. The summed E-state index contributed by atoms with van der Waals surface area (Å²) in [6, 6.07) is 15.2. The lowest BCUT2D eigenvalue weighted by Crippen LogP contribution is -2.38. The Morgan fingerprint density at radius 3 is 2.14 bits per heavy atom. The molecule has 1 heterocycles. The second-order valence-corrected chi connectivity index (χ2v) is 5.00. The first-order chi connectivity index (χ1) is 10.2. The molecule has 1 atom stereocenters. The summed E-state index contributed by atoms with van der Waals surface area (Å²) in [5, 5.41) is 3.04. The maximum Gasteiger partial charge on any atom is 0.249 e. The average Bonchev–Trinajstić information content (AvgIpc) is 2.53. The summed E-state index contributed by atoms with van der Waals surface area (Å²) in [5.74, 6) is 1.40. The van der Waals surface area contributed by atoms with E-state index in [1.807, 2.05) is 48.5 Å². The van der Waals surface area contributed by atoms with Crippen molar-refractivity contribution in [2.24, 2.45) is 0 Å². The van der Waals surface area contributed by atoms with Crippen LogP contribution in [0.15, 0.2) is 48.5 Å². The van der Waals surface area contributed by atoms with E-state index in [0.717, 1.165) is 22.6 Å². The maximum atomic E-state index is 12.2. The van der Waals surface area contributed by atoms with Gasteiger partial charge in [-0.15, -0.1) is 0 Å². The van der Waals surface area contributed by atoms with Crippen molar-refractivity contribution in [2.75, 3.05) is 7.11 Å². The zero-order chi connectivity index (χ0) is 14.8. The van der Waals surface area contributed by atoms with E-state index in [1.165, 1.54) is 7.11 Å². The molecule has 0 saturated heterocycles. The Hall–Kier alpha value is -2.33. The fourth-order valence-corrected chi connectivity index (χ4v) is 2.43. The highest BCUT2D eigenvalue weighted by molar-refractivity contribution is 5.81. The summed E-state index contributed by atoms with van der Waals surface area (Å²) < 4.78 is 11.0. The van der Waals surface area contributed by atoms with Gasteiger partial charge >= 0.3 is 0 Å². The van der Waals surface area contributed by atoms with Crippen LogP contribution in [0, 0.1) is 0 Å². The van der Waals surface area contributed by atoms with Gasteiger partial charge in [-0.05, 0) is 19.1 Å². The quantitative estimate of drug-likeness (QED) is 0.942. The molecule has 0 fully saturated rings. The number of rotatable bonds is 3. The van der Waals surface area contributed by atoms with E-state index in [-0.39, 0.29) is 11.9 Å². The van der Waals surface area contributed by atoms with Gasteiger partial charge in [0.15, 0.2) is 0 Å². The molecule has 2 aromatic carbocycles. The van der Waals surface area contributed by atoms with Gasteiger partial charge in [0, 0.05) is 18.2 Å². The van der Waals surface area contributed by atoms with E-state index in [4.69, 9.17) is 9.47 Å². The highest BCUT2D eigenvalue weighted by Crippen LogP contribution is 2.42. The van der Waals surface area contributed by atoms with Crippen molar-refractivity contribution < 1.29 is 14.3 Å². The Morgan fingerprint density at radius 2 is 1.62 bits per heavy atom. The lowest BCUT2D eigenvalue weighted by Gasteiger charge is -2.29. The van der Waals surface area contributed by atoms with Crippen LogP contribution in [-0.2, 0) is 9.53 Å². The van der Waals surface area contributed by atoms with Crippen molar-refractivity contribution in [3.05, 3.63) is 59.7 Å². The molecule has 0 saturated carbocycles. The van der Waals surface area contributed by atoms with Gasteiger partial charge < -0.3 is 14.8 Å². The van der Waals surface area contributed by atoms with Gasteiger partial charge in [0.2, 0.25) is 5.91 Å². The Morgan fingerprint density at radius 1 is 1.10 bits per heavy atom. The van der Waals surface area contributed by atoms with Gasteiger partial charge in [-0.25, -0.2) is 0 Å². The fraction of sp³-hybridized carbons (Fsp3) is 0.235. The zero-order valence-electron chi connectivity index (χ0n) is 12.0. The standard InChI is InChI=1S/C17H17NO3/c1-11(20-2)17(19)18-16-12-7-3-5-9-14(12)21-15-10-6-4-8-13(15)16/h3-11,16H,1-2H3,(H,18,19)/t11-/m0/s1. The van der Waals surface area contributed by atoms with Gasteiger partial charge in [-0.1, -0.05) is 36.4 Å². The smallest absolute Gasteiger partial charge is 0.249 e.